The predicted octanol–water partition coefficient (Wildman–Crippen LogP) is 3.73. The number of anilines is 1. The first-order valence-electron chi connectivity index (χ1n) is 8.48. The maximum Gasteiger partial charge on any atom is 0.311 e. The van der Waals surface area contributed by atoms with E-state index in [0.29, 0.717) is 26.4 Å². The third-order valence-corrected chi connectivity index (χ3v) is 4.26. The van der Waals surface area contributed by atoms with Crippen molar-refractivity contribution < 1.29 is 18.8 Å². The molecule has 0 N–H and O–H groups in total. The second-order valence-corrected chi connectivity index (χ2v) is 5.78. The Morgan fingerprint density at radius 1 is 1.32 bits per heavy atom. The van der Waals surface area contributed by atoms with E-state index in [2.05, 4.69) is 4.90 Å². The van der Waals surface area contributed by atoms with Gasteiger partial charge in [-0.1, -0.05) is 6.92 Å². The third kappa shape index (κ3) is 3.61. The first kappa shape index (κ1) is 17.3. The number of hydrogen-bond acceptors (Lipinski definition) is 6. The van der Waals surface area contributed by atoms with Crippen LogP contribution in [0.25, 0.3) is 0 Å². The molecule has 0 bridgehead atoms. The molecule has 1 fully saturated rings. The summed E-state index contributed by atoms with van der Waals surface area (Å²) in [5.74, 6) is 2.05. The fourth-order valence-electron chi connectivity index (χ4n) is 3.02. The van der Waals surface area contributed by atoms with Crippen molar-refractivity contribution in [3.8, 4) is 5.75 Å². The van der Waals surface area contributed by atoms with Crippen molar-refractivity contribution in [3.05, 3.63) is 52.0 Å². The van der Waals surface area contributed by atoms with Crippen LogP contribution in [0.5, 0.6) is 5.75 Å². The number of hydrogen-bond donors (Lipinski definition) is 0. The van der Waals surface area contributed by atoms with Crippen LogP contribution in [-0.4, -0.2) is 31.3 Å². The van der Waals surface area contributed by atoms with E-state index in [9.17, 15) is 10.1 Å². The summed E-state index contributed by atoms with van der Waals surface area (Å²) >= 11 is 0. The van der Waals surface area contributed by atoms with E-state index in [1.165, 1.54) is 6.07 Å². The van der Waals surface area contributed by atoms with Crippen molar-refractivity contribution in [2.75, 3.05) is 31.3 Å². The molecule has 1 aliphatic heterocycles. The monoisotopic (exact) mass is 346 g/mol. The standard InChI is InChI=1S/C18H22N2O5/c1-3-14-6-8-17(25-14)16-12-23-10-9-19(16)13-5-7-15(20(21)22)18(11-13)24-4-2/h5-8,11,16H,3-4,9-10,12H2,1-2H3. The van der Waals surface area contributed by atoms with Crippen LogP contribution < -0.4 is 9.64 Å². The Kier molecular flexibility index (Phi) is 5.23. The van der Waals surface area contributed by atoms with Crippen molar-refractivity contribution in [1.82, 2.24) is 0 Å². The van der Waals surface area contributed by atoms with E-state index >= 15 is 0 Å². The average Bonchev–Trinajstić information content (AvgIpc) is 3.11. The molecule has 0 saturated carbocycles. The lowest BCUT2D eigenvalue weighted by atomic mass is 10.1. The first-order chi connectivity index (χ1) is 12.1. The molecule has 2 heterocycles. The highest BCUT2D eigenvalue weighted by Gasteiger charge is 2.29. The van der Waals surface area contributed by atoms with E-state index in [-0.39, 0.29) is 17.5 Å². The van der Waals surface area contributed by atoms with E-state index in [0.717, 1.165) is 23.6 Å². The van der Waals surface area contributed by atoms with Crippen molar-refractivity contribution in [1.29, 1.82) is 0 Å². The molecule has 1 aliphatic rings. The molecule has 0 aliphatic carbocycles. The second-order valence-electron chi connectivity index (χ2n) is 5.78. The van der Waals surface area contributed by atoms with Crippen LogP contribution in [0.1, 0.15) is 31.4 Å². The number of rotatable bonds is 6. The minimum Gasteiger partial charge on any atom is -0.487 e. The molecule has 0 spiro atoms. The zero-order valence-electron chi connectivity index (χ0n) is 14.4. The SMILES string of the molecule is CCOc1cc(N2CCOCC2c2ccc(CC)o2)ccc1[N+](=O)[O-]. The maximum atomic E-state index is 11.2. The Balaban J connectivity index is 1.94. The second kappa shape index (κ2) is 7.57. The fraction of sp³-hybridized carbons (Fsp3) is 0.444. The Morgan fingerprint density at radius 3 is 2.84 bits per heavy atom. The topological polar surface area (TPSA) is 78.0 Å². The first-order valence-corrected chi connectivity index (χ1v) is 8.48. The van der Waals surface area contributed by atoms with E-state index in [1.807, 2.05) is 26.0 Å². The number of furan rings is 1. The van der Waals surface area contributed by atoms with Crippen LogP contribution in [-0.2, 0) is 11.2 Å². The molecule has 2 aromatic rings. The summed E-state index contributed by atoms with van der Waals surface area (Å²) in [7, 11) is 0. The Morgan fingerprint density at radius 2 is 2.16 bits per heavy atom. The summed E-state index contributed by atoms with van der Waals surface area (Å²) in [5, 5.41) is 11.2. The summed E-state index contributed by atoms with van der Waals surface area (Å²) in [6.45, 7) is 6.01. The lowest BCUT2D eigenvalue weighted by Gasteiger charge is -2.36. The zero-order valence-corrected chi connectivity index (χ0v) is 14.4. The molecule has 1 atom stereocenters. The molecular weight excluding hydrogens is 324 g/mol. The van der Waals surface area contributed by atoms with Crippen molar-refractivity contribution in [3.63, 3.8) is 0 Å². The van der Waals surface area contributed by atoms with Gasteiger partial charge in [-0.05, 0) is 25.1 Å². The van der Waals surface area contributed by atoms with E-state index in [1.54, 1.807) is 12.1 Å². The largest absolute Gasteiger partial charge is 0.487 e. The van der Waals surface area contributed by atoms with Crippen LogP contribution >= 0.6 is 0 Å². The Hall–Kier alpha value is -2.54. The van der Waals surface area contributed by atoms with Crippen LogP contribution in [0.4, 0.5) is 11.4 Å². The van der Waals surface area contributed by atoms with Gasteiger partial charge in [0.05, 0.1) is 24.7 Å². The van der Waals surface area contributed by atoms with Gasteiger partial charge in [0.15, 0.2) is 5.75 Å². The molecule has 25 heavy (non-hydrogen) atoms. The number of aryl methyl sites for hydroxylation is 1. The summed E-state index contributed by atoms with van der Waals surface area (Å²) in [4.78, 5) is 12.9. The van der Waals surface area contributed by atoms with Crippen LogP contribution in [0, 0.1) is 10.1 Å². The van der Waals surface area contributed by atoms with Gasteiger partial charge in [-0.15, -0.1) is 0 Å². The molecule has 3 rings (SSSR count). The molecule has 7 heteroatoms. The van der Waals surface area contributed by atoms with Gasteiger partial charge in [0.1, 0.15) is 17.6 Å². The minimum absolute atomic E-state index is 0.0262. The number of nitro benzene ring substituents is 1. The normalized spacial score (nSPS) is 17.5. The van der Waals surface area contributed by atoms with Gasteiger partial charge in [-0.25, -0.2) is 0 Å². The van der Waals surface area contributed by atoms with Gasteiger partial charge in [-0.3, -0.25) is 10.1 Å². The maximum absolute atomic E-state index is 11.2. The number of nitrogens with zero attached hydrogens (tertiary/aromatic N) is 2. The van der Waals surface area contributed by atoms with Crippen LogP contribution in [0.3, 0.4) is 0 Å². The minimum atomic E-state index is -0.425. The summed E-state index contributed by atoms with van der Waals surface area (Å²) < 4.78 is 17.0. The quantitative estimate of drug-likeness (QED) is 0.586. The Bertz CT molecular complexity index is 743. The van der Waals surface area contributed by atoms with E-state index in [4.69, 9.17) is 13.9 Å². The number of ether oxygens (including phenoxy) is 2. The van der Waals surface area contributed by atoms with Gasteiger partial charge in [0.2, 0.25) is 0 Å². The van der Waals surface area contributed by atoms with Gasteiger partial charge < -0.3 is 18.8 Å². The van der Waals surface area contributed by atoms with Crippen LogP contribution in [0.15, 0.2) is 34.7 Å². The molecule has 134 valence electrons. The number of benzene rings is 1. The third-order valence-electron chi connectivity index (χ3n) is 4.26. The molecule has 0 radical (unpaired) electrons. The number of nitro groups is 1. The van der Waals surface area contributed by atoms with Gasteiger partial charge in [0.25, 0.3) is 0 Å². The Labute approximate surface area is 146 Å². The van der Waals surface area contributed by atoms with Gasteiger partial charge in [-0.2, -0.15) is 0 Å². The summed E-state index contributed by atoms with van der Waals surface area (Å²) in [6.07, 6.45) is 0.833. The summed E-state index contributed by atoms with van der Waals surface area (Å²) in [6, 6.07) is 8.85. The highest BCUT2D eigenvalue weighted by atomic mass is 16.6. The fourth-order valence-corrected chi connectivity index (χ4v) is 3.02. The smallest absolute Gasteiger partial charge is 0.311 e. The molecular formula is C18H22N2O5. The molecule has 0 amide bonds. The molecule has 1 saturated heterocycles. The molecule has 1 aromatic carbocycles. The van der Waals surface area contributed by atoms with Crippen molar-refractivity contribution in [2.45, 2.75) is 26.3 Å². The lowest BCUT2D eigenvalue weighted by Crippen LogP contribution is -2.39. The van der Waals surface area contributed by atoms with E-state index < -0.39 is 4.92 Å². The molecule has 1 aromatic heterocycles. The van der Waals surface area contributed by atoms with Crippen LogP contribution in [0.2, 0.25) is 0 Å². The van der Waals surface area contributed by atoms with Crippen molar-refractivity contribution in [2.24, 2.45) is 0 Å². The van der Waals surface area contributed by atoms with Gasteiger partial charge in [0, 0.05) is 30.8 Å². The molecule has 7 nitrogen and oxygen atoms in total. The highest BCUT2D eigenvalue weighted by molar-refractivity contribution is 5.60. The average molecular weight is 346 g/mol. The predicted molar refractivity (Wildman–Crippen MR) is 93.3 cm³/mol. The highest BCUT2D eigenvalue weighted by Crippen LogP contribution is 2.36. The number of morpholine rings is 1. The van der Waals surface area contributed by atoms with Crippen molar-refractivity contribution >= 4 is 11.4 Å². The van der Waals surface area contributed by atoms with Gasteiger partial charge >= 0.3 is 5.69 Å². The zero-order chi connectivity index (χ0) is 17.8. The summed E-state index contributed by atoms with van der Waals surface area (Å²) in [5.41, 5.74) is 0.832. The lowest BCUT2D eigenvalue weighted by molar-refractivity contribution is -0.385. The molecule has 1 unspecified atom stereocenters.